The fourth-order valence-electron chi connectivity index (χ4n) is 2.94. The maximum atomic E-state index is 12.9. The van der Waals surface area contributed by atoms with E-state index in [9.17, 15) is 14.9 Å². The Balaban J connectivity index is 1.88. The Morgan fingerprint density at radius 2 is 2.03 bits per heavy atom. The Bertz CT molecular complexity index is 1110. The molecule has 6 nitrogen and oxygen atoms in total. The Kier molecular flexibility index (Phi) is 7.55. The summed E-state index contributed by atoms with van der Waals surface area (Å²) >= 11 is 4.35. The molecule has 0 aliphatic carbocycles. The summed E-state index contributed by atoms with van der Waals surface area (Å²) in [5.41, 5.74) is 1.74. The van der Waals surface area contributed by atoms with Crippen LogP contribution in [0.3, 0.4) is 0 Å². The quantitative estimate of drug-likeness (QED) is 0.352. The summed E-state index contributed by atoms with van der Waals surface area (Å²) in [6.45, 7) is 6.32. The number of thioether (sulfide) groups is 1. The van der Waals surface area contributed by atoms with Gasteiger partial charge in [-0.15, -0.1) is 0 Å². The van der Waals surface area contributed by atoms with Crippen LogP contribution in [0.1, 0.15) is 23.6 Å². The molecule has 1 aliphatic heterocycles. The van der Waals surface area contributed by atoms with Gasteiger partial charge in [0, 0.05) is 0 Å². The predicted molar refractivity (Wildman–Crippen MR) is 124 cm³/mol. The number of nitrogens with zero attached hydrogens (tertiary/aromatic N) is 2. The van der Waals surface area contributed by atoms with E-state index in [1.807, 2.05) is 6.92 Å². The first kappa shape index (κ1) is 22.7. The van der Waals surface area contributed by atoms with E-state index >= 15 is 0 Å². The minimum atomic E-state index is -0.399. The number of carbonyl (C=O) groups excluding carboxylic acids is 2. The van der Waals surface area contributed by atoms with Crippen molar-refractivity contribution in [1.82, 2.24) is 4.90 Å². The predicted octanol–water partition coefficient (Wildman–Crippen LogP) is 5.52. The monoisotopic (exact) mass is 498 g/mol. The molecule has 0 bridgehead atoms. The first-order chi connectivity index (χ1) is 15.0. The van der Waals surface area contributed by atoms with Crippen LogP contribution in [0.2, 0.25) is 0 Å². The molecule has 2 aromatic rings. The van der Waals surface area contributed by atoms with E-state index in [0.717, 1.165) is 16.7 Å². The van der Waals surface area contributed by atoms with Gasteiger partial charge in [-0.2, -0.15) is 5.26 Å². The summed E-state index contributed by atoms with van der Waals surface area (Å²) in [6.07, 6.45) is 3.28. The van der Waals surface area contributed by atoms with Gasteiger partial charge in [-0.1, -0.05) is 30.9 Å². The highest BCUT2D eigenvalue weighted by molar-refractivity contribution is 9.10. The molecule has 8 heteroatoms. The smallest absolute Gasteiger partial charge is 0.293 e. The van der Waals surface area contributed by atoms with Gasteiger partial charge in [0.1, 0.15) is 6.61 Å². The highest BCUT2D eigenvalue weighted by Crippen LogP contribution is 2.39. The SMILES string of the molecule is C=CCOc1c(Br)cc(/C=C2/SC(=O)N(Cc3ccccc3C#N)C2=O)cc1OCC. The number of benzene rings is 2. The lowest BCUT2D eigenvalue weighted by Gasteiger charge is -2.14. The Hall–Kier alpha value is -3.02. The molecule has 0 saturated carbocycles. The van der Waals surface area contributed by atoms with Gasteiger partial charge in [0.2, 0.25) is 0 Å². The average molecular weight is 499 g/mol. The number of hydrogen-bond acceptors (Lipinski definition) is 6. The summed E-state index contributed by atoms with van der Waals surface area (Å²) in [5.74, 6) is 0.663. The number of ether oxygens (including phenoxy) is 2. The van der Waals surface area contributed by atoms with Crippen molar-refractivity contribution in [2.24, 2.45) is 0 Å². The largest absolute Gasteiger partial charge is 0.490 e. The minimum Gasteiger partial charge on any atom is -0.490 e. The lowest BCUT2D eigenvalue weighted by molar-refractivity contribution is -0.123. The zero-order chi connectivity index (χ0) is 22.4. The van der Waals surface area contributed by atoms with Gasteiger partial charge < -0.3 is 9.47 Å². The lowest BCUT2D eigenvalue weighted by Crippen LogP contribution is -2.27. The molecule has 1 saturated heterocycles. The van der Waals surface area contributed by atoms with Crippen LogP contribution in [-0.2, 0) is 11.3 Å². The first-order valence-electron chi connectivity index (χ1n) is 9.41. The summed E-state index contributed by atoms with van der Waals surface area (Å²) in [7, 11) is 0. The second-order valence-corrected chi connectivity index (χ2v) is 8.25. The average Bonchev–Trinajstić information content (AvgIpc) is 3.01. The Morgan fingerprint density at radius 1 is 1.26 bits per heavy atom. The first-order valence-corrected chi connectivity index (χ1v) is 11.0. The molecule has 0 unspecified atom stereocenters. The van der Waals surface area contributed by atoms with Crippen LogP contribution < -0.4 is 9.47 Å². The summed E-state index contributed by atoms with van der Waals surface area (Å²) < 4.78 is 12.0. The highest BCUT2D eigenvalue weighted by Gasteiger charge is 2.35. The number of rotatable bonds is 8. The maximum Gasteiger partial charge on any atom is 0.293 e. The third-order valence-electron chi connectivity index (χ3n) is 4.31. The van der Waals surface area contributed by atoms with Crippen LogP contribution in [0, 0.1) is 11.3 Å². The van der Waals surface area contributed by atoms with Crippen molar-refractivity contribution in [1.29, 1.82) is 5.26 Å². The molecule has 158 valence electrons. The second-order valence-electron chi connectivity index (χ2n) is 6.40. The van der Waals surface area contributed by atoms with E-state index in [1.165, 1.54) is 0 Å². The van der Waals surface area contributed by atoms with Crippen molar-refractivity contribution in [3.8, 4) is 17.6 Å². The molecule has 2 aromatic carbocycles. The van der Waals surface area contributed by atoms with Gasteiger partial charge in [-0.05, 0) is 70.0 Å². The highest BCUT2D eigenvalue weighted by atomic mass is 79.9. The summed E-state index contributed by atoms with van der Waals surface area (Å²) in [6, 6.07) is 12.5. The maximum absolute atomic E-state index is 12.9. The van der Waals surface area contributed by atoms with Gasteiger partial charge in [-0.3, -0.25) is 14.5 Å². The zero-order valence-corrected chi connectivity index (χ0v) is 19.2. The van der Waals surface area contributed by atoms with E-state index in [0.29, 0.717) is 50.8 Å². The van der Waals surface area contributed by atoms with Crippen molar-refractivity contribution in [3.63, 3.8) is 0 Å². The topological polar surface area (TPSA) is 79.6 Å². The van der Waals surface area contributed by atoms with Crippen molar-refractivity contribution < 1.29 is 19.1 Å². The fourth-order valence-corrected chi connectivity index (χ4v) is 4.35. The normalized spacial score (nSPS) is 14.6. The standard InChI is InChI=1S/C23H19BrN2O4S/c1-3-9-30-21-18(24)10-15(11-19(21)29-4-2)12-20-22(27)26(23(28)31-20)14-17-8-6-5-7-16(17)13-25/h3,5-8,10-12H,1,4,9,14H2,2H3/b20-12+. The molecule has 0 atom stereocenters. The third-order valence-corrected chi connectivity index (χ3v) is 5.81. The van der Waals surface area contributed by atoms with Crippen molar-refractivity contribution in [2.75, 3.05) is 13.2 Å². The van der Waals surface area contributed by atoms with Gasteiger partial charge >= 0.3 is 0 Å². The minimum absolute atomic E-state index is 0.0496. The lowest BCUT2D eigenvalue weighted by atomic mass is 10.1. The second kappa shape index (κ2) is 10.3. The molecule has 0 radical (unpaired) electrons. The third kappa shape index (κ3) is 5.19. The van der Waals surface area contributed by atoms with Crippen LogP contribution in [0.25, 0.3) is 6.08 Å². The van der Waals surface area contributed by atoms with Gasteiger partial charge in [-0.25, -0.2) is 0 Å². The van der Waals surface area contributed by atoms with E-state index < -0.39 is 5.91 Å². The fraction of sp³-hybridized carbons (Fsp3) is 0.174. The van der Waals surface area contributed by atoms with E-state index in [1.54, 1.807) is 48.6 Å². The molecule has 1 fully saturated rings. The summed E-state index contributed by atoms with van der Waals surface area (Å²) in [4.78, 5) is 26.8. The molecule has 3 rings (SSSR count). The van der Waals surface area contributed by atoms with Crippen LogP contribution >= 0.6 is 27.7 Å². The van der Waals surface area contributed by atoms with Crippen molar-refractivity contribution in [3.05, 3.63) is 75.1 Å². The molecule has 0 aromatic heterocycles. The summed E-state index contributed by atoms with van der Waals surface area (Å²) in [5, 5.41) is 8.88. The number of nitriles is 1. The van der Waals surface area contributed by atoms with E-state index in [2.05, 4.69) is 28.6 Å². The van der Waals surface area contributed by atoms with Crippen LogP contribution in [0.4, 0.5) is 4.79 Å². The van der Waals surface area contributed by atoms with E-state index in [-0.39, 0.29) is 11.8 Å². The Labute approximate surface area is 193 Å². The van der Waals surface area contributed by atoms with Crippen molar-refractivity contribution in [2.45, 2.75) is 13.5 Å². The number of hydrogen-bond donors (Lipinski definition) is 0. The molecule has 0 spiro atoms. The molecule has 2 amide bonds. The van der Waals surface area contributed by atoms with Crippen LogP contribution in [-0.4, -0.2) is 29.3 Å². The number of carbonyl (C=O) groups is 2. The van der Waals surface area contributed by atoms with Crippen molar-refractivity contribution >= 4 is 44.9 Å². The van der Waals surface area contributed by atoms with E-state index in [4.69, 9.17) is 9.47 Å². The number of imide groups is 1. The number of halogens is 1. The number of amides is 2. The molecule has 1 aliphatic rings. The molecule has 31 heavy (non-hydrogen) atoms. The molecule has 0 N–H and O–H groups in total. The molecule has 1 heterocycles. The molecular weight excluding hydrogens is 480 g/mol. The molecular formula is C23H19BrN2O4S. The van der Waals surface area contributed by atoms with Gasteiger partial charge in [0.05, 0.1) is 34.2 Å². The van der Waals surface area contributed by atoms with Crippen LogP contribution in [0.5, 0.6) is 11.5 Å². The zero-order valence-electron chi connectivity index (χ0n) is 16.8. The van der Waals surface area contributed by atoms with Crippen LogP contribution in [0.15, 0.2) is 58.4 Å². The Morgan fingerprint density at radius 3 is 2.74 bits per heavy atom. The van der Waals surface area contributed by atoms with Gasteiger partial charge in [0.25, 0.3) is 11.1 Å². The van der Waals surface area contributed by atoms with Gasteiger partial charge in [0.15, 0.2) is 11.5 Å².